The normalized spacial score (nSPS) is 26.7. The monoisotopic (exact) mass is 250 g/mol. The van der Waals surface area contributed by atoms with Gasteiger partial charge in [-0.3, -0.25) is 0 Å². The number of nitrogens with zero attached hydrogens (tertiary/aromatic N) is 2. The highest BCUT2D eigenvalue weighted by atomic mass is 35.5. The standard InChI is InChI=1S/C8H11ClN2O3S/c1-5(9)8-10-7(11-14-8)6-2-3-15(12,13)4-6/h5-6H,2-4H2,1H3. The fourth-order valence-corrected chi connectivity index (χ4v) is 3.40. The molecule has 0 bridgehead atoms. The first-order chi connectivity index (χ1) is 6.98. The highest BCUT2D eigenvalue weighted by Gasteiger charge is 2.32. The minimum absolute atomic E-state index is 0.114. The molecule has 2 rings (SSSR count). The zero-order valence-electron chi connectivity index (χ0n) is 8.18. The molecule has 2 unspecified atom stereocenters. The lowest BCUT2D eigenvalue weighted by molar-refractivity contribution is 0.371. The fourth-order valence-electron chi connectivity index (χ4n) is 1.57. The maximum absolute atomic E-state index is 11.2. The van der Waals surface area contributed by atoms with E-state index in [0.29, 0.717) is 18.1 Å². The van der Waals surface area contributed by atoms with Gasteiger partial charge in [-0.1, -0.05) is 5.16 Å². The first-order valence-corrected chi connectivity index (χ1v) is 6.92. The highest BCUT2D eigenvalue weighted by molar-refractivity contribution is 7.91. The van der Waals surface area contributed by atoms with Gasteiger partial charge in [0.15, 0.2) is 15.7 Å². The van der Waals surface area contributed by atoms with Crippen LogP contribution in [0, 0.1) is 0 Å². The quantitative estimate of drug-likeness (QED) is 0.739. The van der Waals surface area contributed by atoms with E-state index in [2.05, 4.69) is 10.1 Å². The Morgan fingerprint density at radius 3 is 2.80 bits per heavy atom. The van der Waals surface area contributed by atoms with E-state index in [0.717, 1.165) is 0 Å². The van der Waals surface area contributed by atoms with Gasteiger partial charge in [0.05, 0.1) is 11.5 Å². The summed E-state index contributed by atoms with van der Waals surface area (Å²) in [5.74, 6) is 0.984. The predicted molar refractivity (Wildman–Crippen MR) is 54.6 cm³/mol. The van der Waals surface area contributed by atoms with Crippen molar-refractivity contribution in [1.82, 2.24) is 10.1 Å². The van der Waals surface area contributed by atoms with Crippen molar-refractivity contribution in [3.05, 3.63) is 11.7 Å². The zero-order valence-corrected chi connectivity index (χ0v) is 9.75. The zero-order chi connectivity index (χ0) is 11.1. The SMILES string of the molecule is CC(Cl)c1nc(C2CCS(=O)(=O)C2)no1. The topological polar surface area (TPSA) is 73.1 Å². The Kier molecular flexibility index (Phi) is 2.72. The van der Waals surface area contributed by atoms with Gasteiger partial charge in [0, 0.05) is 5.92 Å². The van der Waals surface area contributed by atoms with Gasteiger partial charge in [-0.25, -0.2) is 8.42 Å². The molecule has 0 aromatic carbocycles. The van der Waals surface area contributed by atoms with Crippen molar-refractivity contribution in [2.75, 3.05) is 11.5 Å². The van der Waals surface area contributed by atoms with Crippen LogP contribution in [-0.4, -0.2) is 30.1 Å². The molecule has 0 N–H and O–H groups in total. The van der Waals surface area contributed by atoms with E-state index in [-0.39, 0.29) is 22.8 Å². The molecule has 1 aromatic rings. The van der Waals surface area contributed by atoms with Gasteiger partial charge < -0.3 is 4.52 Å². The first-order valence-electron chi connectivity index (χ1n) is 4.66. The van der Waals surface area contributed by atoms with Gasteiger partial charge in [-0.15, -0.1) is 11.6 Å². The Hall–Kier alpha value is -0.620. The van der Waals surface area contributed by atoms with Crippen LogP contribution in [0.25, 0.3) is 0 Å². The van der Waals surface area contributed by atoms with Crippen LogP contribution in [0.2, 0.25) is 0 Å². The molecule has 1 fully saturated rings. The van der Waals surface area contributed by atoms with Crippen LogP contribution in [0.3, 0.4) is 0 Å². The largest absolute Gasteiger partial charge is 0.338 e. The van der Waals surface area contributed by atoms with E-state index in [4.69, 9.17) is 16.1 Å². The van der Waals surface area contributed by atoms with Crippen LogP contribution >= 0.6 is 11.6 Å². The minimum Gasteiger partial charge on any atom is -0.338 e. The summed E-state index contributed by atoms with van der Waals surface area (Å²) in [7, 11) is -2.91. The van der Waals surface area contributed by atoms with Gasteiger partial charge in [0.2, 0.25) is 5.89 Å². The molecule has 1 aliphatic rings. The summed E-state index contributed by atoms with van der Waals surface area (Å²) in [6.07, 6.45) is 0.567. The Morgan fingerprint density at radius 1 is 1.60 bits per heavy atom. The second kappa shape index (κ2) is 3.75. The van der Waals surface area contributed by atoms with Crippen LogP contribution in [0.15, 0.2) is 4.52 Å². The molecule has 2 atom stereocenters. The van der Waals surface area contributed by atoms with Gasteiger partial charge in [0.1, 0.15) is 5.38 Å². The molecular weight excluding hydrogens is 240 g/mol. The number of alkyl halides is 1. The van der Waals surface area contributed by atoms with Gasteiger partial charge in [0.25, 0.3) is 0 Å². The highest BCUT2D eigenvalue weighted by Crippen LogP contribution is 2.28. The lowest BCUT2D eigenvalue weighted by Crippen LogP contribution is -2.05. The van der Waals surface area contributed by atoms with E-state index in [1.165, 1.54) is 0 Å². The second-order valence-electron chi connectivity index (χ2n) is 3.71. The average molecular weight is 251 g/mol. The van der Waals surface area contributed by atoms with Crippen LogP contribution < -0.4 is 0 Å². The van der Waals surface area contributed by atoms with Gasteiger partial charge in [-0.05, 0) is 13.3 Å². The molecule has 1 aromatic heterocycles. The maximum Gasteiger partial charge on any atom is 0.244 e. The van der Waals surface area contributed by atoms with Crippen LogP contribution in [-0.2, 0) is 9.84 Å². The number of hydrogen-bond acceptors (Lipinski definition) is 5. The van der Waals surface area contributed by atoms with E-state index < -0.39 is 9.84 Å². The Balaban J connectivity index is 2.17. The summed E-state index contributed by atoms with van der Waals surface area (Å²) in [5, 5.41) is 3.41. The minimum atomic E-state index is -2.91. The van der Waals surface area contributed by atoms with Crippen molar-refractivity contribution in [3.63, 3.8) is 0 Å². The number of rotatable bonds is 2. The van der Waals surface area contributed by atoms with Crippen molar-refractivity contribution in [1.29, 1.82) is 0 Å². The fraction of sp³-hybridized carbons (Fsp3) is 0.750. The number of aromatic nitrogens is 2. The Bertz CT molecular complexity index is 454. The molecular formula is C8H11ClN2O3S. The molecule has 0 radical (unpaired) electrons. The molecule has 0 amide bonds. The summed E-state index contributed by atoms with van der Waals surface area (Å²) >= 11 is 5.76. The van der Waals surface area contributed by atoms with Crippen LogP contribution in [0.5, 0.6) is 0 Å². The summed E-state index contributed by atoms with van der Waals surface area (Å²) in [4.78, 5) is 4.08. The molecule has 0 spiro atoms. The van der Waals surface area contributed by atoms with Crippen LogP contribution in [0.1, 0.15) is 36.4 Å². The van der Waals surface area contributed by atoms with E-state index >= 15 is 0 Å². The third-order valence-corrected chi connectivity index (χ3v) is 4.35. The van der Waals surface area contributed by atoms with E-state index in [1.54, 1.807) is 6.92 Å². The third-order valence-electron chi connectivity index (χ3n) is 2.40. The van der Waals surface area contributed by atoms with Crippen molar-refractivity contribution in [2.45, 2.75) is 24.6 Å². The lowest BCUT2D eigenvalue weighted by atomic mass is 10.1. The average Bonchev–Trinajstić information content (AvgIpc) is 2.70. The second-order valence-corrected chi connectivity index (χ2v) is 6.59. The number of sulfone groups is 1. The molecule has 0 aliphatic carbocycles. The number of hydrogen-bond donors (Lipinski definition) is 0. The summed E-state index contributed by atoms with van der Waals surface area (Å²) in [5.41, 5.74) is 0. The van der Waals surface area contributed by atoms with Crippen molar-refractivity contribution >= 4 is 21.4 Å². The summed E-state index contributed by atoms with van der Waals surface area (Å²) < 4.78 is 27.4. The summed E-state index contributed by atoms with van der Waals surface area (Å²) in [6.45, 7) is 1.73. The van der Waals surface area contributed by atoms with Gasteiger partial charge in [-0.2, -0.15) is 4.98 Å². The molecule has 1 saturated heterocycles. The van der Waals surface area contributed by atoms with Gasteiger partial charge >= 0.3 is 0 Å². The van der Waals surface area contributed by atoms with E-state index in [1.807, 2.05) is 0 Å². The van der Waals surface area contributed by atoms with Crippen molar-refractivity contribution < 1.29 is 12.9 Å². The maximum atomic E-state index is 11.2. The first kappa shape index (κ1) is 10.9. The lowest BCUT2D eigenvalue weighted by Gasteiger charge is -1.98. The molecule has 7 heteroatoms. The number of halogens is 1. The summed E-state index contributed by atoms with van der Waals surface area (Å²) in [6, 6.07) is 0. The Morgan fingerprint density at radius 2 is 2.33 bits per heavy atom. The molecule has 5 nitrogen and oxygen atoms in total. The van der Waals surface area contributed by atoms with Crippen molar-refractivity contribution in [2.24, 2.45) is 0 Å². The van der Waals surface area contributed by atoms with E-state index in [9.17, 15) is 8.42 Å². The smallest absolute Gasteiger partial charge is 0.244 e. The Labute approximate surface area is 92.7 Å². The molecule has 1 aliphatic heterocycles. The molecule has 84 valence electrons. The molecule has 0 saturated carbocycles. The molecule has 15 heavy (non-hydrogen) atoms. The predicted octanol–water partition coefficient (Wildman–Crippen LogP) is 1.27. The molecule has 2 heterocycles. The van der Waals surface area contributed by atoms with Crippen molar-refractivity contribution in [3.8, 4) is 0 Å². The third kappa shape index (κ3) is 2.31. The van der Waals surface area contributed by atoms with Crippen LogP contribution in [0.4, 0.5) is 0 Å².